The molecule has 0 N–H and O–H groups in total. The molecule has 0 saturated carbocycles. The zero-order chi connectivity index (χ0) is 33.7. The van der Waals surface area contributed by atoms with Crippen molar-refractivity contribution in [3.05, 3.63) is 200 Å². The fourth-order valence-electron chi connectivity index (χ4n) is 7.82. The standard InChI is InChI=1S/C48H33N3/c1-2-14-34(15-3-1)35-28-30-36(31-29-35)49(37-16-12-18-39(32-37)50-45-24-8-4-20-41(45)42-21-5-9-25-46(42)50)38-17-13-19-40(33-38)51-47-26-10-6-22-43(47)44-23-7-11-27-48(44)51/h1-33H. The van der Waals surface area contributed by atoms with Gasteiger partial charge < -0.3 is 14.0 Å². The first-order valence-electron chi connectivity index (χ1n) is 17.4. The summed E-state index contributed by atoms with van der Waals surface area (Å²) in [4.78, 5) is 2.38. The first-order chi connectivity index (χ1) is 25.3. The number of para-hydroxylation sites is 4. The minimum absolute atomic E-state index is 1.08. The molecule has 0 bridgehead atoms. The Labute approximate surface area is 296 Å². The van der Waals surface area contributed by atoms with Gasteiger partial charge in [0.1, 0.15) is 0 Å². The highest BCUT2D eigenvalue weighted by Crippen LogP contribution is 2.40. The van der Waals surface area contributed by atoms with Crippen LogP contribution in [0.1, 0.15) is 0 Å². The quantitative estimate of drug-likeness (QED) is 0.174. The monoisotopic (exact) mass is 651 g/mol. The van der Waals surface area contributed by atoms with Crippen LogP contribution in [0.5, 0.6) is 0 Å². The van der Waals surface area contributed by atoms with Crippen molar-refractivity contribution in [2.75, 3.05) is 4.90 Å². The Morgan fingerprint density at radius 1 is 0.275 bits per heavy atom. The third-order valence-electron chi connectivity index (χ3n) is 10.1. The van der Waals surface area contributed by atoms with Crippen LogP contribution >= 0.6 is 0 Å². The molecule has 0 fully saturated rings. The van der Waals surface area contributed by atoms with E-state index < -0.39 is 0 Å². The van der Waals surface area contributed by atoms with Gasteiger partial charge in [-0.2, -0.15) is 0 Å². The summed E-state index contributed by atoms with van der Waals surface area (Å²) >= 11 is 0. The number of hydrogen-bond donors (Lipinski definition) is 0. The van der Waals surface area contributed by atoms with Crippen molar-refractivity contribution in [2.45, 2.75) is 0 Å². The molecule has 10 aromatic rings. The van der Waals surface area contributed by atoms with Crippen LogP contribution in [0, 0.1) is 0 Å². The van der Waals surface area contributed by atoms with Crippen molar-refractivity contribution in [1.29, 1.82) is 0 Å². The zero-order valence-corrected chi connectivity index (χ0v) is 27.9. The molecule has 0 aliphatic carbocycles. The second-order valence-electron chi connectivity index (χ2n) is 13.0. The Bertz CT molecular complexity index is 2600. The van der Waals surface area contributed by atoms with Gasteiger partial charge in [-0.25, -0.2) is 0 Å². The summed E-state index contributed by atoms with van der Waals surface area (Å²) in [6.45, 7) is 0. The fraction of sp³-hybridized carbons (Fsp3) is 0. The third kappa shape index (κ3) is 4.82. The lowest BCUT2D eigenvalue weighted by Crippen LogP contribution is -2.11. The van der Waals surface area contributed by atoms with Crippen LogP contribution in [-0.2, 0) is 0 Å². The first kappa shape index (κ1) is 29.1. The molecule has 0 atom stereocenters. The second kappa shape index (κ2) is 11.9. The minimum Gasteiger partial charge on any atom is -0.310 e. The number of benzene rings is 8. The molecule has 2 aromatic heterocycles. The number of anilines is 3. The van der Waals surface area contributed by atoms with Gasteiger partial charge in [-0.05, 0) is 83.9 Å². The van der Waals surface area contributed by atoms with Crippen LogP contribution in [0.4, 0.5) is 17.1 Å². The minimum atomic E-state index is 1.08. The zero-order valence-electron chi connectivity index (χ0n) is 27.9. The largest absolute Gasteiger partial charge is 0.310 e. The summed E-state index contributed by atoms with van der Waals surface area (Å²) in [6, 6.07) is 72.1. The Morgan fingerprint density at radius 2 is 0.647 bits per heavy atom. The number of hydrogen-bond acceptors (Lipinski definition) is 1. The van der Waals surface area contributed by atoms with Gasteiger partial charge in [0, 0.05) is 50.0 Å². The number of rotatable bonds is 6. The molecule has 0 aliphatic heterocycles. The molecular formula is C48H33N3. The lowest BCUT2D eigenvalue weighted by molar-refractivity contribution is 1.16. The number of nitrogens with zero attached hydrogens (tertiary/aromatic N) is 3. The van der Waals surface area contributed by atoms with E-state index in [1.165, 1.54) is 54.7 Å². The van der Waals surface area contributed by atoms with E-state index in [0.717, 1.165) is 28.4 Å². The van der Waals surface area contributed by atoms with Gasteiger partial charge in [-0.3, -0.25) is 0 Å². The van der Waals surface area contributed by atoms with E-state index in [2.05, 4.69) is 214 Å². The van der Waals surface area contributed by atoms with Gasteiger partial charge in [-0.15, -0.1) is 0 Å². The van der Waals surface area contributed by atoms with E-state index in [9.17, 15) is 0 Å². The van der Waals surface area contributed by atoms with E-state index in [1.807, 2.05) is 0 Å². The van der Waals surface area contributed by atoms with Gasteiger partial charge in [0.2, 0.25) is 0 Å². The molecular weight excluding hydrogens is 619 g/mol. The molecule has 8 aromatic carbocycles. The normalized spacial score (nSPS) is 11.5. The van der Waals surface area contributed by atoms with Crippen molar-refractivity contribution < 1.29 is 0 Å². The molecule has 3 heteroatoms. The van der Waals surface area contributed by atoms with E-state index in [4.69, 9.17) is 0 Å². The molecule has 51 heavy (non-hydrogen) atoms. The van der Waals surface area contributed by atoms with Crippen molar-refractivity contribution in [3.63, 3.8) is 0 Å². The predicted molar refractivity (Wildman–Crippen MR) is 215 cm³/mol. The molecule has 2 heterocycles. The molecule has 0 saturated heterocycles. The van der Waals surface area contributed by atoms with Crippen LogP contribution in [0.25, 0.3) is 66.1 Å². The third-order valence-corrected chi connectivity index (χ3v) is 10.1. The Balaban J connectivity index is 1.17. The Morgan fingerprint density at radius 3 is 1.08 bits per heavy atom. The van der Waals surface area contributed by atoms with Gasteiger partial charge in [0.15, 0.2) is 0 Å². The SMILES string of the molecule is c1ccc(-c2ccc(N(c3cccc(-n4c5ccccc5c5ccccc54)c3)c3cccc(-n4c5ccccc5c5ccccc54)c3)cc2)cc1. The molecule has 3 nitrogen and oxygen atoms in total. The maximum absolute atomic E-state index is 2.39. The fourth-order valence-corrected chi connectivity index (χ4v) is 7.82. The van der Waals surface area contributed by atoms with Crippen molar-refractivity contribution in [2.24, 2.45) is 0 Å². The number of aromatic nitrogens is 2. The Kier molecular flexibility index (Phi) is 6.81. The smallest absolute Gasteiger partial charge is 0.0541 e. The summed E-state index contributed by atoms with van der Waals surface area (Å²) in [5.74, 6) is 0. The van der Waals surface area contributed by atoms with Crippen LogP contribution in [-0.4, -0.2) is 9.13 Å². The van der Waals surface area contributed by atoms with E-state index in [-0.39, 0.29) is 0 Å². The maximum atomic E-state index is 2.39. The predicted octanol–water partition coefficient (Wildman–Crippen LogP) is 13.0. The van der Waals surface area contributed by atoms with Crippen LogP contribution < -0.4 is 4.90 Å². The second-order valence-corrected chi connectivity index (χ2v) is 13.0. The van der Waals surface area contributed by atoms with Gasteiger partial charge in [-0.1, -0.05) is 127 Å². The molecule has 0 amide bonds. The number of fused-ring (bicyclic) bond motifs is 6. The van der Waals surface area contributed by atoms with Gasteiger partial charge in [0.25, 0.3) is 0 Å². The molecule has 240 valence electrons. The average Bonchev–Trinajstić information content (AvgIpc) is 3.72. The molecule has 0 spiro atoms. The average molecular weight is 652 g/mol. The van der Waals surface area contributed by atoms with Crippen molar-refractivity contribution in [1.82, 2.24) is 9.13 Å². The highest BCUT2D eigenvalue weighted by atomic mass is 15.1. The van der Waals surface area contributed by atoms with E-state index in [1.54, 1.807) is 0 Å². The highest BCUT2D eigenvalue weighted by molar-refractivity contribution is 6.10. The van der Waals surface area contributed by atoms with Crippen LogP contribution in [0.15, 0.2) is 200 Å². The maximum Gasteiger partial charge on any atom is 0.0541 e. The van der Waals surface area contributed by atoms with Crippen molar-refractivity contribution >= 4 is 60.7 Å². The van der Waals surface area contributed by atoms with Gasteiger partial charge in [0.05, 0.1) is 22.1 Å². The summed E-state index contributed by atoms with van der Waals surface area (Å²) in [6.07, 6.45) is 0. The highest BCUT2D eigenvalue weighted by Gasteiger charge is 2.18. The van der Waals surface area contributed by atoms with Gasteiger partial charge >= 0.3 is 0 Å². The van der Waals surface area contributed by atoms with E-state index in [0.29, 0.717) is 0 Å². The topological polar surface area (TPSA) is 13.1 Å². The molecule has 10 rings (SSSR count). The van der Waals surface area contributed by atoms with Crippen LogP contribution in [0.2, 0.25) is 0 Å². The lowest BCUT2D eigenvalue weighted by Gasteiger charge is -2.27. The summed E-state index contributed by atoms with van der Waals surface area (Å²) in [5.41, 5.74) is 12.7. The van der Waals surface area contributed by atoms with E-state index >= 15 is 0 Å². The summed E-state index contributed by atoms with van der Waals surface area (Å²) < 4.78 is 4.78. The Hall–Kier alpha value is -6.84. The summed E-state index contributed by atoms with van der Waals surface area (Å²) in [7, 11) is 0. The van der Waals surface area contributed by atoms with Crippen LogP contribution in [0.3, 0.4) is 0 Å². The molecule has 0 aliphatic rings. The summed E-state index contributed by atoms with van der Waals surface area (Å²) in [5, 5.41) is 5.02. The van der Waals surface area contributed by atoms with Crippen molar-refractivity contribution in [3.8, 4) is 22.5 Å². The molecule has 0 radical (unpaired) electrons. The molecule has 0 unspecified atom stereocenters. The lowest BCUT2D eigenvalue weighted by atomic mass is 10.0. The first-order valence-corrected chi connectivity index (χ1v) is 17.4.